The summed E-state index contributed by atoms with van der Waals surface area (Å²) < 4.78 is 49.1. The number of carboxylic acid groups (broad SMARTS) is 1. The van der Waals surface area contributed by atoms with Crippen LogP contribution in [0.1, 0.15) is 18.4 Å². The summed E-state index contributed by atoms with van der Waals surface area (Å²) >= 11 is 6.27. The van der Waals surface area contributed by atoms with Crippen molar-refractivity contribution in [3.63, 3.8) is 0 Å². The zero-order valence-corrected chi connectivity index (χ0v) is 23.6. The Kier molecular flexibility index (Phi) is 8.69. The van der Waals surface area contributed by atoms with E-state index < -0.39 is 27.7 Å². The number of sulfonamides is 1. The number of likely N-dealkylation sites (tertiary alicyclic amines) is 1. The van der Waals surface area contributed by atoms with Crippen LogP contribution in [0.15, 0.2) is 73.1 Å². The van der Waals surface area contributed by atoms with Gasteiger partial charge in [0, 0.05) is 31.5 Å². The molecule has 11 nitrogen and oxygen atoms in total. The SMILES string of the molecule is O=C(O)N1CCCC(Nc2nccc(-c3cccnc3Oc3c(Cl)ccc(NS(=O)(=O)Cc4ccccc4)c3F)n2)C1. The highest BCUT2D eigenvalue weighted by Crippen LogP contribution is 2.38. The summed E-state index contributed by atoms with van der Waals surface area (Å²) in [6.45, 7) is 0.771. The van der Waals surface area contributed by atoms with Crippen molar-refractivity contribution in [2.45, 2.75) is 24.6 Å². The molecule has 1 atom stereocenters. The van der Waals surface area contributed by atoms with Crippen molar-refractivity contribution < 1.29 is 27.4 Å². The summed E-state index contributed by atoms with van der Waals surface area (Å²) in [4.78, 5) is 25.7. The maximum Gasteiger partial charge on any atom is 0.407 e. The van der Waals surface area contributed by atoms with Gasteiger partial charge < -0.3 is 20.1 Å². The van der Waals surface area contributed by atoms with Crippen LogP contribution in [0.4, 0.5) is 20.8 Å². The van der Waals surface area contributed by atoms with E-state index in [0.717, 1.165) is 6.42 Å². The fourth-order valence-electron chi connectivity index (χ4n) is 4.50. The predicted octanol–water partition coefficient (Wildman–Crippen LogP) is 5.62. The second-order valence-corrected chi connectivity index (χ2v) is 11.7. The maximum absolute atomic E-state index is 15.6. The van der Waals surface area contributed by atoms with Crippen LogP contribution >= 0.6 is 11.6 Å². The van der Waals surface area contributed by atoms with E-state index in [2.05, 4.69) is 25.0 Å². The topological polar surface area (TPSA) is 147 Å². The number of nitrogens with zero attached hydrogens (tertiary/aromatic N) is 4. The minimum absolute atomic E-state index is 0.0260. The highest BCUT2D eigenvalue weighted by atomic mass is 35.5. The molecule has 0 radical (unpaired) electrons. The number of benzene rings is 2. The molecule has 2 aromatic carbocycles. The van der Waals surface area contributed by atoms with E-state index in [4.69, 9.17) is 16.3 Å². The van der Waals surface area contributed by atoms with E-state index in [1.165, 1.54) is 29.4 Å². The lowest BCUT2D eigenvalue weighted by atomic mass is 10.1. The van der Waals surface area contributed by atoms with Gasteiger partial charge in [0.05, 0.1) is 27.7 Å². The number of carbonyl (C=O) groups is 1. The molecule has 42 heavy (non-hydrogen) atoms. The van der Waals surface area contributed by atoms with Crippen LogP contribution < -0.4 is 14.8 Å². The molecule has 1 fully saturated rings. The molecular formula is C28H26ClFN6O5S. The Morgan fingerprint density at radius 3 is 2.69 bits per heavy atom. The molecule has 3 heterocycles. The second-order valence-electron chi connectivity index (χ2n) is 9.52. The first kappa shape index (κ1) is 29.0. The fraction of sp³-hybridized carbons (Fsp3) is 0.214. The number of halogens is 2. The number of piperidine rings is 1. The van der Waals surface area contributed by atoms with Gasteiger partial charge in [-0.05, 0) is 48.7 Å². The Balaban J connectivity index is 1.37. The van der Waals surface area contributed by atoms with Crippen molar-refractivity contribution in [2.75, 3.05) is 23.1 Å². The zero-order valence-electron chi connectivity index (χ0n) is 22.1. The van der Waals surface area contributed by atoms with Crippen molar-refractivity contribution in [3.8, 4) is 22.9 Å². The van der Waals surface area contributed by atoms with E-state index >= 15 is 4.39 Å². The molecule has 1 saturated heterocycles. The first-order valence-corrected chi connectivity index (χ1v) is 14.9. The monoisotopic (exact) mass is 612 g/mol. The van der Waals surface area contributed by atoms with Gasteiger partial charge in [-0.1, -0.05) is 41.9 Å². The lowest BCUT2D eigenvalue weighted by Gasteiger charge is -2.31. The van der Waals surface area contributed by atoms with E-state index in [1.54, 1.807) is 48.5 Å². The number of hydrogen-bond acceptors (Lipinski definition) is 8. The Morgan fingerprint density at radius 2 is 1.90 bits per heavy atom. The fourth-order valence-corrected chi connectivity index (χ4v) is 5.88. The van der Waals surface area contributed by atoms with Gasteiger partial charge in [-0.3, -0.25) is 4.72 Å². The number of nitrogens with one attached hydrogen (secondary N) is 2. The number of amides is 1. The molecule has 5 rings (SSSR count). The van der Waals surface area contributed by atoms with Gasteiger partial charge in [0.1, 0.15) is 0 Å². The van der Waals surface area contributed by atoms with Crippen molar-refractivity contribution in [1.82, 2.24) is 19.9 Å². The van der Waals surface area contributed by atoms with Crippen molar-refractivity contribution in [2.24, 2.45) is 0 Å². The summed E-state index contributed by atoms with van der Waals surface area (Å²) in [5, 5.41) is 12.4. The second kappa shape index (κ2) is 12.6. The van der Waals surface area contributed by atoms with E-state index in [9.17, 15) is 18.3 Å². The number of pyridine rings is 1. The molecule has 4 aromatic rings. The Labute approximate surface area is 246 Å². The molecule has 2 aromatic heterocycles. The molecule has 0 aliphatic carbocycles. The molecule has 0 saturated carbocycles. The Hall–Kier alpha value is -4.49. The average Bonchev–Trinajstić information content (AvgIpc) is 2.97. The van der Waals surface area contributed by atoms with Crippen LogP contribution in [0.25, 0.3) is 11.3 Å². The molecule has 3 N–H and O–H groups in total. The molecule has 1 aliphatic rings. The highest BCUT2D eigenvalue weighted by molar-refractivity contribution is 7.91. The van der Waals surface area contributed by atoms with Gasteiger partial charge >= 0.3 is 6.09 Å². The van der Waals surface area contributed by atoms with Gasteiger partial charge in [0.2, 0.25) is 21.9 Å². The lowest BCUT2D eigenvalue weighted by Crippen LogP contribution is -2.44. The normalized spacial score (nSPS) is 15.2. The standard InChI is InChI=1S/C28H26ClFN6O5S/c29-21-10-11-23(35-42(39,40)17-18-6-2-1-3-7-18)24(30)25(21)41-26-20(9-4-13-31-26)22-12-14-32-27(34-22)33-19-8-5-15-36(16-19)28(37)38/h1-4,6-7,9-14,19,35H,5,8,15-17H2,(H,37,38)(H,32,33,34). The largest absolute Gasteiger partial charge is 0.465 e. The Morgan fingerprint density at radius 1 is 1.10 bits per heavy atom. The maximum atomic E-state index is 15.6. The molecular weight excluding hydrogens is 587 g/mol. The molecule has 1 amide bonds. The average molecular weight is 613 g/mol. The lowest BCUT2D eigenvalue weighted by molar-refractivity contribution is 0.132. The van der Waals surface area contributed by atoms with Gasteiger partial charge in [0.15, 0.2) is 11.6 Å². The summed E-state index contributed by atoms with van der Waals surface area (Å²) in [6.07, 6.45) is 3.45. The molecule has 0 spiro atoms. The number of anilines is 2. The zero-order chi connectivity index (χ0) is 29.7. The van der Waals surface area contributed by atoms with Crippen LogP contribution in [0.5, 0.6) is 11.6 Å². The van der Waals surface area contributed by atoms with Crippen molar-refractivity contribution in [3.05, 3.63) is 89.5 Å². The van der Waals surface area contributed by atoms with Gasteiger partial charge in [-0.25, -0.2) is 32.6 Å². The van der Waals surface area contributed by atoms with Crippen LogP contribution in [0, 0.1) is 5.82 Å². The molecule has 0 bridgehead atoms. The van der Waals surface area contributed by atoms with Crippen LogP contribution in [-0.4, -0.2) is 58.6 Å². The third-order valence-corrected chi connectivity index (χ3v) is 7.98. The van der Waals surface area contributed by atoms with Crippen molar-refractivity contribution in [1.29, 1.82) is 0 Å². The molecule has 1 unspecified atom stereocenters. The first-order valence-electron chi connectivity index (χ1n) is 12.9. The minimum Gasteiger partial charge on any atom is -0.465 e. The van der Waals surface area contributed by atoms with Crippen LogP contribution in [-0.2, 0) is 15.8 Å². The van der Waals surface area contributed by atoms with Gasteiger partial charge in [-0.15, -0.1) is 0 Å². The van der Waals surface area contributed by atoms with Gasteiger partial charge in [0.25, 0.3) is 0 Å². The summed E-state index contributed by atoms with van der Waals surface area (Å²) in [5.74, 6) is -1.53. The number of aromatic nitrogens is 3. The van der Waals surface area contributed by atoms with Gasteiger partial charge in [-0.2, -0.15) is 0 Å². The molecule has 14 heteroatoms. The molecule has 218 valence electrons. The predicted molar refractivity (Wildman–Crippen MR) is 156 cm³/mol. The minimum atomic E-state index is -3.95. The quantitative estimate of drug-likeness (QED) is 0.219. The number of rotatable bonds is 9. The van der Waals surface area contributed by atoms with E-state index in [-0.39, 0.29) is 34.3 Å². The van der Waals surface area contributed by atoms with Crippen LogP contribution in [0.3, 0.4) is 0 Å². The third-order valence-electron chi connectivity index (χ3n) is 6.44. The first-order chi connectivity index (χ1) is 20.2. The summed E-state index contributed by atoms with van der Waals surface area (Å²) in [6, 6.07) is 15.8. The summed E-state index contributed by atoms with van der Waals surface area (Å²) in [5.41, 5.74) is 0.997. The number of hydrogen-bond donors (Lipinski definition) is 3. The summed E-state index contributed by atoms with van der Waals surface area (Å²) in [7, 11) is -3.95. The van der Waals surface area contributed by atoms with E-state index in [1.807, 2.05) is 0 Å². The Bertz CT molecular complexity index is 1700. The van der Waals surface area contributed by atoms with Crippen molar-refractivity contribution >= 4 is 39.4 Å². The number of ether oxygens (including phenoxy) is 1. The highest BCUT2D eigenvalue weighted by Gasteiger charge is 2.25. The van der Waals surface area contributed by atoms with E-state index in [0.29, 0.717) is 36.3 Å². The molecule has 1 aliphatic heterocycles. The van der Waals surface area contributed by atoms with Crippen LogP contribution in [0.2, 0.25) is 5.02 Å². The smallest absolute Gasteiger partial charge is 0.407 e. The third kappa shape index (κ3) is 7.04.